The summed E-state index contributed by atoms with van der Waals surface area (Å²) in [6, 6.07) is 2.14. The Hall–Kier alpha value is -3.60. The molecule has 0 atom stereocenters. The van der Waals surface area contributed by atoms with Crippen LogP contribution in [0, 0.1) is 0 Å². The molecule has 3 aromatic rings. The van der Waals surface area contributed by atoms with E-state index >= 15 is 0 Å². The van der Waals surface area contributed by atoms with Crippen LogP contribution in [0.25, 0.3) is 17.6 Å². The van der Waals surface area contributed by atoms with Gasteiger partial charge in [0.2, 0.25) is 0 Å². The number of carbonyl (C=O) groups is 1. The third-order valence-corrected chi connectivity index (χ3v) is 4.98. The Morgan fingerprint density at radius 3 is 2.39 bits per heavy atom. The number of halogens is 8. The van der Waals surface area contributed by atoms with E-state index in [1.165, 1.54) is 18.3 Å². The highest BCUT2D eigenvalue weighted by atomic mass is 32.5. The van der Waals surface area contributed by atoms with Crippen molar-refractivity contribution in [1.82, 2.24) is 25.0 Å². The fraction of sp³-hybridized carbons (Fsp3) is 0.0625. The van der Waals surface area contributed by atoms with Gasteiger partial charge in [-0.1, -0.05) is 19.4 Å². The zero-order valence-electron chi connectivity index (χ0n) is 15.8. The number of benzene rings is 1. The molecule has 1 aromatic carbocycles. The van der Waals surface area contributed by atoms with Crippen LogP contribution >= 0.6 is 10.2 Å². The van der Waals surface area contributed by atoms with E-state index in [-0.39, 0.29) is 18.0 Å². The number of nitrogens with zero attached hydrogens (tertiary/aromatic N) is 6. The molecule has 2 heterocycles. The Bertz CT molecular complexity index is 1230. The molecule has 0 unspecified atom stereocenters. The summed E-state index contributed by atoms with van der Waals surface area (Å²) in [4.78, 5) is 12.8. The lowest BCUT2D eigenvalue weighted by molar-refractivity contribution is -0.137. The maximum absolute atomic E-state index is 13.2. The van der Waals surface area contributed by atoms with Crippen LogP contribution in [0.4, 0.5) is 38.4 Å². The first-order valence-corrected chi connectivity index (χ1v) is 10.3. The van der Waals surface area contributed by atoms with Crippen molar-refractivity contribution in [2.24, 2.45) is 5.84 Å². The van der Waals surface area contributed by atoms with Crippen LogP contribution in [-0.2, 0) is 11.0 Å². The Morgan fingerprint density at radius 2 is 1.82 bits per heavy atom. The average Bonchev–Trinajstić information content (AvgIpc) is 3.18. The molecule has 0 saturated heterocycles. The minimum Gasteiger partial charge on any atom is -0.268 e. The fourth-order valence-corrected chi connectivity index (χ4v) is 3.05. The standard InChI is InChI=1S/C16H11F8N7OS/c17-16(18,19)11-6-10(7-12(8-11)33(20,21,22,23)24)15-26-9-30(29-15)5-3-14(32)31(25)13-2-1-4-27-28-13/h1-9H,25H2/b5-3-. The Balaban J connectivity index is 1.94. The third kappa shape index (κ3) is 5.80. The lowest BCUT2D eigenvalue weighted by Crippen LogP contribution is -2.37. The second-order valence-electron chi connectivity index (χ2n) is 6.37. The third-order valence-electron chi connectivity index (χ3n) is 3.86. The number of alkyl halides is 3. The Labute approximate surface area is 179 Å². The van der Waals surface area contributed by atoms with E-state index < -0.39 is 50.2 Å². The zero-order valence-corrected chi connectivity index (χ0v) is 16.6. The van der Waals surface area contributed by atoms with E-state index in [0.29, 0.717) is 5.01 Å². The number of hydrogen-bond donors (Lipinski definition) is 1. The number of aromatic nitrogens is 5. The number of carbonyl (C=O) groups excluding carboxylic acids is 1. The van der Waals surface area contributed by atoms with Gasteiger partial charge < -0.3 is 0 Å². The largest absolute Gasteiger partial charge is 0.416 e. The number of rotatable bonds is 5. The summed E-state index contributed by atoms with van der Waals surface area (Å²) in [5, 5.41) is 11.3. The van der Waals surface area contributed by atoms with Gasteiger partial charge in [0, 0.05) is 24.0 Å². The molecule has 0 aliphatic rings. The summed E-state index contributed by atoms with van der Waals surface area (Å²) < 4.78 is 106. The molecule has 17 heteroatoms. The monoisotopic (exact) mass is 501 g/mol. The quantitative estimate of drug-likeness (QED) is 0.177. The molecule has 0 radical (unpaired) electrons. The van der Waals surface area contributed by atoms with Gasteiger partial charge in [-0.15, -0.1) is 10.2 Å². The molecule has 0 saturated carbocycles. The van der Waals surface area contributed by atoms with Gasteiger partial charge in [0.15, 0.2) is 11.6 Å². The van der Waals surface area contributed by atoms with Crippen LogP contribution in [0.1, 0.15) is 5.56 Å². The predicted octanol–water partition coefficient (Wildman–Crippen LogP) is 4.79. The number of hydrazine groups is 1. The molecule has 0 spiro atoms. The molecule has 0 bridgehead atoms. The van der Waals surface area contributed by atoms with Gasteiger partial charge in [0.1, 0.15) is 11.2 Å². The van der Waals surface area contributed by atoms with Gasteiger partial charge in [0.25, 0.3) is 5.91 Å². The van der Waals surface area contributed by atoms with Gasteiger partial charge >= 0.3 is 16.4 Å². The smallest absolute Gasteiger partial charge is 0.268 e. The van der Waals surface area contributed by atoms with E-state index in [0.717, 1.165) is 23.3 Å². The molecule has 8 nitrogen and oxygen atoms in total. The molecule has 2 N–H and O–H groups in total. The van der Waals surface area contributed by atoms with Crippen LogP contribution in [0.2, 0.25) is 0 Å². The van der Waals surface area contributed by atoms with E-state index in [1.807, 2.05) is 0 Å². The topological polar surface area (TPSA) is 103 Å². The molecule has 2 aromatic heterocycles. The molecule has 178 valence electrons. The highest BCUT2D eigenvalue weighted by Crippen LogP contribution is 3.02. The first-order valence-electron chi connectivity index (χ1n) is 8.37. The van der Waals surface area contributed by atoms with Crippen molar-refractivity contribution in [1.29, 1.82) is 0 Å². The summed E-state index contributed by atoms with van der Waals surface area (Å²) in [7, 11) is -10.5. The Kier molecular flexibility index (Phi) is 5.25. The van der Waals surface area contributed by atoms with Crippen LogP contribution in [0.3, 0.4) is 0 Å². The van der Waals surface area contributed by atoms with Crippen molar-refractivity contribution in [2.45, 2.75) is 11.1 Å². The molecule has 3 rings (SSSR count). The van der Waals surface area contributed by atoms with E-state index in [9.17, 15) is 37.4 Å². The highest BCUT2D eigenvalue weighted by molar-refractivity contribution is 8.45. The van der Waals surface area contributed by atoms with Gasteiger partial charge in [-0.25, -0.2) is 20.5 Å². The van der Waals surface area contributed by atoms with Gasteiger partial charge in [0.05, 0.1) is 5.56 Å². The molecule has 0 aliphatic carbocycles. The number of amides is 1. The van der Waals surface area contributed by atoms with Crippen LogP contribution in [0.5, 0.6) is 0 Å². The van der Waals surface area contributed by atoms with E-state index in [1.54, 1.807) is 0 Å². The van der Waals surface area contributed by atoms with Gasteiger partial charge in [-0.3, -0.25) is 4.79 Å². The average molecular weight is 501 g/mol. The number of hydrogen-bond acceptors (Lipinski definition) is 6. The SMILES string of the molecule is NN(C(=O)/C=C\n1cnc(-c2cc(C(F)(F)F)cc(S(F)(F)(F)(F)F)c2)n1)c1cccnn1. The minimum atomic E-state index is -10.5. The Morgan fingerprint density at radius 1 is 1.12 bits per heavy atom. The number of nitrogens with two attached hydrogens (primary N) is 1. The summed E-state index contributed by atoms with van der Waals surface area (Å²) in [5.74, 6) is 3.93. The maximum atomic E-state index is 13.2. The van der Waals surface area contributed by atoms with Gasteiger partial charge in [-0.05, 0) is 30.3 Å². The molecule has 1 amide bonds. The van der Waals surface area contributed by atoms with Crippen molar-refractivity contribution in [3.8, 4) is 11.4 Å². The first kappa shape index (κ1) is 24.1. The van der Waals surface area contributed by atoms with Crippen LogP contribution < -0.4 is 10.9 Å². The second kappa shape index (κ2) is 7.20. The first-order chi connectivity index (χ1) is 14.9. The fourth-order valence-electron chi connectivity index (χ4n) is 2.35. The maximum Gasteiger partial charge on any atom is 0.416 e. The molecule has 33 heavy (non-hydrogen) atoms. The van der Waals surface area contributed by atoms with Crippen LogP contribution in [-0.4, -0.2) is 30.9 Å². The lowest BCUT2D eigenvalue weighted by Gasteiger charge is -2.40. The minimum absolute atomic E-state index is 0.0288. The summed E-state index contributed by atoms with van der Waals surface area (Å²) in [5.41, 5.74) is -2.93. The lowest BCUT2D eigenvalue weighted by atomic mass is 10.1. The van der Waals surface area contributed by atoms with Crippen molar-refractivity contribution < 1.29 is 37.4 Å². The molecule has 0 fully saturated rings. The summed E-state index contributed by atoms with van der Waals surface area (Å²) >= 11 is 0. The van der Waals surface area contributed by atoms with Crippen molar-refractivity contribution in [3.05, 3.63) is 54.5 Å². The van der Waals surface area contributed by atoms with Crippen molar-refractivity contribution in [2.75, 3.05) is 5.01 Å². The van der Waals surface area contributed by atoms with E-state index in [4.69, 9.17) is 5.84 Å². The van der Waals surface area contributed by atoms with Crippen molar-refractivity contribution in [3.63, 3.8) is 0 Å². The summed E-state index contributed by atoms with van der Waals surface area (Å²) in [6.07, 6.45) is -1.45. The van der Waals surface area contributed by atoms with E-state index in [2.05, 4.69) is 20.3 Å². The molecule has 0 aliphatic heterocycles. The molecular weight excluding hydrogens is 490 g/mol. The molecular formula is C16H11F8N7OS. The normalized spacial score (nSPS) is 14.7. The van der Waals surface area contributed by atoms with Crippen LogP contribution in [0.15, 0.2) is 53.8 Å². The highest BCUT2D eigenvalue weighted by Gasteiger charge is 2.66. The van der Waals surface area contributed by atoms with Crippen molar-refractivity contribution >= 4 is 28.1 Å². The second-order valence-corrected chi connectivity index (χ2v) is 8.78. The zero-order chi connectivity index (χ0) is 24.7. The predicted molar refractivity (Wildman–Crippen MR) is 101 cm³/mol. The van der Waals surface area contributed by atoms with Gasteiger partial charge in [-0.2, -0.15) is 18.3 Å². The summed E-state index contributed by atoms with van der Waals surface area (Å²) in [6.45, 7) is 0. The number of anilines is 1.